The topological polar surface area (TPSA) is 161 Å². The van der Waals surface area contributed by atoms with Gasteiger partial charge in [-0.25, -0.2) is 10.1 Å². The van der Waals surface area contributed by atoms with Gasteiger partial charge in [0.15, 0.2) is 5.69 Å². The first-order chi connectivity index (χ1) is 17.9. The van der Waals surface area contributed by atoms with Crippen LogP contribution in [0.25, 0.3) is 16.6 Å². The Morgan fingerprint density at radius 2 is 1.86 bits per heavy atom. The van der Waals surface area contributed by atoms with Crippen molar-refractivity contribution in [2.24, 2.45) is 5.10 Å². The van der Waals surface area contributed by atoms with Crippen molar-refractivity contribution in [2.75, 3.05) is 17.7 Å². The first kappa shape index (κ1) is 23.5. The van der Waals surface area contributed by atoms with Gasteiger partial charge in [-0.2, -0.15) is 9.78 Å². The van der Waals surface area contributed by atoms with Crippen LogP contribution in [0.1, 0.15) is 28.7 Å². The highest BCUT2D eigenvalue weighted by molar-refractivity contribution is 6.07. The van der Waals surface area contributed by atoms with Gasteiger partial charge in [-0.3, -0.25) is 4.79 Å². The Bertz CT molecular complexity index is 1610. The number of nitrogens with zero attached hydrogens (tertiary/aromatic N) is 7. The summed E-state index contributed by atoms with van der Waals surface area (Å²) in [4.78, 5) is 15.1. The molecule has 2 aromatic heterocycles. The van der Waals surface area contributed by atoms with Gasteiger partial charge in [0.05, 0.1) is 18.0 Å². The van der Waals surface area contributed by atoms with Crippen molar-refractivity contribution in [3.63, 3.8) is 0 Å². The molecule has 186 valence electrons. The summed E-state index contributed by atoms with van der Waals surface area (Å²) in [6, 6.07) is 20.7. The number of para-hydroxylation sites is 1. The predicted molar refractivity (Wildman–Crippen MR) is 137 cm³/mol. The number of phenolic OH excluding ortho intramolecular Hbond substituents is 1. The molecule has 2 heterocycles. The summed E-state index contributed by atoms with van der Waals surface area (Å²) < 4.78 is 6.02. The Balaban J connectivity index is 1.45. The van der Waals surface area contributed by atoms with Gasteiger partial charge in [-0.1, -0.05) is 53.7 Å². The standard InChI is InChI=1S/C25H23N9O3/c1-15(18-13-12-16-8-6-7-11-19(16)22(18)35)27-29-25(36)21-20(14-33(2)17-9-4-3-5-10-17)34(32-28-21)24-23(26)30-37-31-24/h3-13,35H,14H2,1-2H3,(H2,26,30)(H,29,36)/b27-15+. The third-order valence-corrected chi connectivity index (χ3v) is 5.87. The van der Waals surface area contributed by atoms with Crippen molar-refractivity contribution in [3.05, 3.63) is 83.7 Å². The van der Waals surface area contributed by atoms with Gasteiger partial charge in [-0.15, -0.1) is 5.10 Å². The molecule has 0 unspecified atom stereocenters. The van der Waals surface area contributed by atoms with Gasteiger partial charge in [-0.05, 0) is 40.8 Å². The average molecular weight is 498 g/mol. The first-order valence-corrected chi connectivity index (χ1v) is 11.3. The van der Waals surface area contributed by atoms with Gasteiger partial charge < -0.3 is 15.7 Å². The molecule has 0 saturated carbocycles. The Kier molecular flexibility index (Phi) is 6.20. The number of rotatable bonds is 7. The predicted octanol–water partition coefficient (Wildman–Crippen LogP) is 2.88. The van der Waals surface area contributed by atoms with Gasteiger partial charge in [0.25, 0.3) is 5.91 Å². The number of carbonyl (C=O) groups excluding carboxylic acids is 1. The van der Waals surface area contributed by atoms with Gasteiger partial charge in [0, 0.05) is 23.7 Å². The smallest absolute Gasteiger partial charge is 0.293 e. The number of amides is 1. The van der Waals surface area contributed by atoms with E-state index in [9.17, 15) is 9.90 Å². The zero-order chi connectivity index (χ0) is 25.9. The highest BCUT2D eigenvalue weighted by Crippen LogP contribution is 2.29. The lowest BCUT2D eigenvalue weighted by molar-refractivity contribution is 0.0948. The first-order valence-electron chi connectivity index (χ1n) is 11.3. The molecule has 0 radical (unpaired) electrons. The molecular weight excluding hydrogens is 474 g/mol. The highest BCUT2D eigenvalue weighted by Gasteiger charge is 2.25. The maximum atomic E-state index is 13.2. The van der Waals surface area contributed by atoms with E-state index in [1.165, 1.54) is 4.68 Å². The van der Waals surface area contributed by atoms with E-state index in [2.05, 4.69) is 31.2 Å². The third-order valence-electron chi connectivity index (χ3n) is 5.87. The Hall–Kier alpha value is -5.26. The van der Waals surface area contributed by atoms with E-state index >= 15 is 0 Å². The zero-order valence-electron chi connectivity index (χ0n) is 20.0. The number of hydrogen-bond donors (Lipinski definition) is 3. The van der Waals surface area contributed by atoms with Crippen molar-refractivity contribution in [3.8, 4) is 11.6 Å². The minimum atomic E-state index is -0.600. The molecule has 0 aliphatic carbocycles. The van der Waals surface area contributed by atoms with Gasteiger partial charge in [0.2, 0.25) is 11.6 Å². The van der Waals surface area contributed by atoms with Crippen molar-refractivity contribution in [1.82, 2.24) is 30.7 Å². The van der Waals surface area contributed by atoms with E-state index in [1.807, 2.05) is 72.6 Å². The molecule has 12 heteroatoms. The minimum Gasteiger partial charge on any atom is -0.507 e. The summed E-state index contributed by atoms with van der Waals surface area (Å²) in [5.41, 5.74) is 10.6. The van der Waals surface area contributed by atoms with Crippen LogP contribution in [0.5, 0.6) is 5.75 Å². The van der Waals surface area contributed by atoms with Crippen LogP contribution < -0.4 is 16.1 Å². The molecule has 0 fully saturated rings. The number of fused-ring (bicyclic) bond motifs is 1. The third kappa shape index (κ3) is 4.55. The quantitative estimate of drug-likeness (QED) is 0.227. The van der Waals surface area contributed by atoms with E-state index in [0.29, 0.717) is 22.4 Å². The summed E-state index contributed by atoms with van der Waals surface area (Å²) in [6.45, 7) is 1.92. The van der Waals surface area contributed by atoms with Crippen LogP contribution in [0.3, 0.4) is 0 Å². The fraction of sp³-hybridized carbons (Fsp3) is 0.120. The van der Waals surface area contributed by atoms with Crippen LogP contribution in [-0.2, 0) is 6.54 Å². The zero-order valence-corrected chi connectivity index (χ0v) is 20.0. The fourth-order valence-corrected chi connectivity index (χ4v) is 3.92. The molecule has 5 aromatic rings. The SMILES string of the molecule is C/C(=N\NC(=O)c1nnn(-c2nonc2N)c1CN(C)c1ccccc1)c1ccc2ccccc2c1O. The monoisotopic (exact) mass is 497 g/mol. The summed E-state index contributed by atoms with van der Waals surface area (Å²) in [5.74, 6) is -0.402. The largest absolute Gasteiger partial charge is 0.507 e. The molecule has 37 heavy (non-hydrogen) atoms. The molecule has 12 nitrogen and oxygen atoms in total. The molecule has 0 atom stereocenters. The maximum absolute atomic E-state index is 13.2. The number of carbonyl (C=O) groups is 1. The number of nitrogens with two attached hydrogens (primary N) is 1. The second kappa shape index (κ2) is 9.77. The number of hydrogen-bond acceptors (Lipinski definition) is 10. The summed E-state index contributed by atoms with van der Waals surface area (Å²) >= 11 is 0. The lowest BCUT2D eigenvalue weighted by atomic mass is 10.0. The Morgan fingerprint density at radius 3 is 2.62 bits per heavy atom. The summed E-state index contributed by atoms with van der Waals surface area (Å²) in [5, 5.41) is 32.0. The van der Waals surface area contributed by atoms with Crippen molar-refractivity contribution in [2.45, 2.75) is 13.5 Å². The minimum absolute atomic E-state index is 0.00103. The molecule has 3 aromatic carbocycles. The lowest BCUT2D eigenvalue weighted by Crippen LogP contribution is -2.25. The molecule has 4 N–H and O–H groups in total. The normalized spacial score (nSPS) is 11.6. The number of phenols is 1. The molecule has 1 amide bonds. The number of nitrogens with one attached hydrogen (secondary N) is 1. The fourth-order valence-electron chi connectivity index (χ4n) is 3.92. The van der Waals surface area contributed by atoms with E-state index in [1.54, 1.807) is 13.0 Å². The maximum Gasteiger partial charge on any atom is 0.293 e. The van der Waals surface area contributed by atoms with Gasteiger partial charge >= 0.3 is 0 Å². The lowest BCUT2D eigenvalue weighted by Gasteiger charge is -2.19. The van der Waals surface area contributed by atoms with Crippen molar-refractivity contribution < 1.29 is 14.5 Å². The van der Waals surface area contributed by atoms with E-state index < -0.39 is 5.91 Å². The number of benzene rings is 3. The number of nitrogen functional groups attached to an aromatic ring is 1. The van der Waals surface area contributed by atoms with E-state index in [4.69, 9.17) is 10.4 Å². The molecule has 0 bridgehead atoms. The molecule has 0 saturated heterocycles. The Labute approximate surface area is 211 Å². The van der Waals surface area contributed by atoms with Crippen molar-refractivity contribution >= 4 is 33.9 Å². The van der Waals surface area contributed by atoms with Crippen LogP contribution in [0.2, 0.25) is 0 Å². The van der Waals surface area contributed by atoms with E-state index in [0.717, 1.165) is 11.1 Å². The number of anilines is 2. The van der Waals surface area contributed by atoms with E-state index in [-0.39, 0.29) is 29.6 Å². The van der Waals surface area contributed by atoms with Crippen LogP contribution in [0.4, 0.5) is 11.5 Å². The molecule has 0 aliphatic rings. The number of aromatic hydroxyl groups is 1. The second-order valence-electron chi connectivity index (χ2n) is 8.28. The highest BCUT2D eigenvalue weighted by atomic mass is 16.6. The Morgan fingerprint density at radius 1 is 1.11 bits per heavy atom. The number of hydrazone groups is 1. The van der Waals surface area contributed by atoms with Gasteiger partial charge in [0.1, 0.15) is 5.75 Å². The van der Waals surface area contributed by atoms with Crippen LogP contribution in [0, 0.1) is 0 Å². The molecule has 0 aliphatic heterocycles. The van der Waals surface area contributed by atoms with Crippen LogP contribution in [0.15, 0.2) is 76.5 Å². The molecular formula is C25H23N9O3. The average Bonchev–Trinajstić information content (AvgIpc) is 3.53. The van der Waals surface area contributed by atoms with Crippen LogP contribution in [-0.4, -0.2) is 49.1 Å². The molecule has 0 spiro atoms. The second-order valence-corrected chi connectivity index (χ2v) is 8.28. The van der Waals surface area contributed by atoms with Crippen LogP contribution >= 0.6 is 0 Å². The number of aromatic nitrogens is 5. The van der Waals surface area contributed by atoms with Crippen molar-refractivity contribution in [1.29, 1.82) is 0 Å². The molecule has 5 rings (SSSR count). The summed E-state index contributed by atoms with van der Waals surface area (Å²) in [7, 11) is 1.86. The summed E-state index contributed by atoms with van der Waals surface area (Å²) in [6.07, 6.45) is 0.